The van der Waals surface area contributed by atoms with Gasteiger partial charge in [-0.25, -0.2) is 9.18 Å². The molecule has 1 aromatic rings. The maximum absolute atomic E-state index is 13.4. The van der Waals surface area contributed by atoms with E-state index in [-0.39, 0.29) is 12.4 Å². The molecule has 0 radical (unpaired) electrons. The fraction of sp³-hybridized carbons (Fsp3) is 0.286. The highest BCUT2D eigenvalue weighted by Gasteiger charge is 2.28. The Balaban J connectivity index is 2.86. The molecule has 0 aliphatic heterocycles. The molecule has 0 atom stereocenters. The van der Waals surface area contributed by atoms with Crippen LogP contribution >= 0.6 is 0 Å². The summed E-state index contributed by atoms with van der Waals surface area (Å²) in [7, 11) is 0. The molecule has 0 fully saturated rings. The Bertz CT molecular complexity index is 548. The lowest BCUT2D eigenvalue weighted by Gasteiger charge is -2.19. The van der Waals surface area contributed by atoms with Crippen LogP contribution < -0.4 is 4.74 Å². The van der Waals surface area contributed by atoms with E-state index in [1.807, 2.05) is 0 Å². The molecule has 0 spiro atoms. The molecule has 0 saturated heterocycles. The number of hydrogen-bond donors (Lipinski definition) is 2. The summed E-state index contributed by atoms with van der Waals surface area (Å²) in [5.41, 5.74) is -0.792. The van der Waals surface area contributed by atoms with Gasteiger partial charge in [-0.2, -0.15) is 0 Å². The van der Waals surface area contributed by atoms with Crippen molar-refractivity contribution in [3.8, 4) is 5.75 Å². The number of carboxylic acid groups (broad SMARTS) is 2. The average molecular weight is 282 g/mol. The summed E-state index contributed by atoms with van der Waals surface area (Å²) < 4.78 is 18.6. The van der Waals surface area contributed by atoms with E-state index in [9.17, 15) is 14.0 Å². The Kier molecular flexibility index (Phi) is 4.85. The molecule has 1 aromatic carbocycles. The number of rotatable bonds is 6. The van der Waals surface area contributed by atoms with Crippen LogP contribution in [0.5, 0.6) is 5.75 Å². The van der Waals surface area contributed by atoms with Crippen molar-refractivity contribution >= 4 is 18.0 Å². The predicted octanol–water partition coefficient (Wildman–Crippen LogP) is 2.41. The van der Waals surface area contributed by atoms with Crippen molar-refractivity contribution in [3.63, 3.8) is 0 Å². The number of hydrogen-bond acceptors (Lipinski definition) is 3. The van der Waals surface area contributed by atoms with Crippen LogP contribution in [0.2, 0.25) is 0 Å². The average Bonchev–Trinajstić information content (AvgIpc) is 2.33. The molecule has 1 rings (SSSR count). The van der Waals surface area contributed by atoms with Crippen LogP contribution in [0.4, 0.5) is 4.39 Å². The zero-order valence-electron chi connectivity index (χ0n) is 11.1. The van der Waals surface area contributed by atoms with Crippen molar-refractivity contribution in [3.05, 3.63) is 35.7 Å². The van der Waals surface area contributed by atoms with E-state index in [1.54, 1.807) is 0 Å². The number of benzene rings is 1. The summed E-state index contributed by atoms with van der Waals surface area (Å²) >= 11 is 0. The van der Waals surface area contributed by atoms with Crippen molar-refractivity contribution in [1.29, 1.82) is 0 Å². The lowest BCUT2D eigenvalue weighted by molar-refractivity contribution is -0.148. The van der Waals surface area contributed by atoms with Crippen LogP contribution in [-0.4, -0.2) is 28.8 Å². The van der Waals surface area contributed by atoms with E-state index in [4.69, 9.17) is 14.9 Å². The molecule has 0 aromatic heterocycles. The maximum atomic E-state index is 13.4. The Morgan fingerprint density at radius 3 is 2.50 bits per heavy atom. The van der Waals surface area contributed by atoms with Crippen LogP contribution in [0, 0.1) is 11.2 Å². The molecule has 0 amide bonds. The quantitative estimate of drug-likeness (QED) is 0.783. The molecule has 20 heavy (non-hydrogen) atoms. The van der Waals surface area contributed by atoms with Crippen LogP contribution in [0.1, 0.15) is 19.4 Å². The highest BCUT2D eigenvalue weighted by molar-refractivity contribution is 5.85. The van der Waals surface area contributed by atoms with Gasteiger partial charge in [0.25, 0.3) is 0 Å². The Morgan fingerprint density at radius 1 is 1.30 bits per heavy atom. The van der Waals surface area contributed by atoms with Gasteiger partial charge in [0, 0.05) is 12.1 Å². The van der Waals surface area contributed by atoms with Gasteiger partial charge in [0.15, 0.2) is 0 Å². The van der Waals surface area contributed by atoms with Gasteiger partial charge < -0.3 is 14.9 Å². The first-order valence-electron chi connectivity index (χ1n) is 5.78. The summed E-state index contributed by atoms with van der Waals surface area (Å²) in [6.45, 7) is 2.84. The molecular weight excluding hydrogens is 267 g/mol. The van der Waals surface area contributed by atoms with Gasteiger partial charge in [-0.05, 0) is 37.6 Å². The summed E-state index contributed by atoms with van der Waals surface area (Å²) in [5.74, 6) is -2.63. The molecule has 5 nitrogen and oxygen atoms in total. The highest BCUT2D eigenvalue weighted by Crippen LogP contribution is 2.21. The van der Waals surface area contributed by atoms with E-state index >= 15 is 0 Å². The number of carbonyl (C=O) groups is 2. The standard InChI is InChI=1S/C14H15FO5/c1-14(2,13(18)19)8-20-11-6-9(3-4-12(16)17)5-10(15)7-11/h3-7H,8H2,1-2H3,(H,16,17)(H,18,19)/b4-3+. The van der Waals surface area contributed by atoms with Crippen molar-refractivity contribution < 1.29 is 28.9 Å². The SMILES string of the molecule is CC(C)(COc1cc(F)cc(/C=C/C(=O)O)c1)C(=O)O. The van der Waals surface area contributed by atoms with Gasteiger partial charge in [-0.15, -0.1) is 0 Å². The molecule has 0 aliphatic rings. The monoisotopic (exact) mass is 282 g/mol. The minimum Gasteiger partial charge on any atom is -0.492 e. The minimum absolute atomic E-state index is 0.131. The second kappa shape index (κ2) is 6.18. The largest absolute Gasteiger partial charge is 0.492 e. The zero-order valence-corrected chi connectivity index (χ0v) is 11.1. The van der Waals surface area contributed by atoms with Crippen LogP contribution in [0.25, 0.3) is 6.08 Å². The van der Waals surface area contributed by atoms with Crippen LogP contribution in [0.3, 0.4) is 0 Å². The normalized spacial score (nSPS) is 11.6. The molecule has 0 heterocycles. The Morgan fingerprint density at radius 2 is 1.95 bits per heavy atom. The molecule has 2 N–H and O–H groups in total. The first kappa shape index (κ1) is 15.7. The smallest absolute Gasteiger partial charge is 0.328 e. The molecule has 0 unspecified atom stereocenters. The molecule has 108 valence electrons. The van der Waals surface area contributed by atoms with Gasteiger partial charge in [-0.1, -0.05) is 0 Å². The van der Waals surface area contributed by atoms with Crippen molar-refractivity contribution in [1.82, 2.24) is 0 Å². The highest BCUT2D eigenvalue weighted by atomic mass is 19.1. The second-order valence-corrected chi connectivity index (χ2v) is 4.87. The van der Waals surface area contributed by atoms with E-state index in [2.05, 4.69) is 0 Å². The number of halogens is 1. The van der Waals surface area contributed by atoms with Crippen molar-refractivity contribution in [2.75, 3.05) is 6.61 Å². The third kappa shape index (κ3) is 4.72. The molecule has 0 bridgehead atoms. The van der Waals surface area contributed by atoms with E-state index < -0.39 is 23.2 Å². The Labute approximate surface area is 115 Å². The predicted molar refractivity (Wildman–Crippen MR) is 70.0 cm³/mol. The number of aliphatic carboxylic acids is 2. The summed E-state index contributed by atoms with van der Waals surface area (Å²) in [6.07, 6.45) is 2.10. The van der Waals surface area contributed by atoms with Crippen molar-refractivity contribution in [2.45, 2.75) is 13.8 Å². The second-order valence-electron chi connectivity index (χ2n) is 4.87. The third-order valence-electron chi connectivity index (χ3n) is 2.49. The minimum atomic E-state index is -1.15. The van der Waals surface area contributed by atoms with Gasteiger partial charge in [0.1, 0.15) is 18.2 Å². The van der Waals surface area contributed by atoms with E-state index in [0.717, 1.165) is 18.2 Å². The van der Waals surface area contributed by atoms with Gasteiger partial charge >= 0.3 is 11.9 Å². The fourth-order valence-corrected chi connectivity index (χ4v) is 1.26. The van der Waals surface area contributed by atoms with Crippen LogP contribution in [-0.2, 0) is 9.59 Å². The first-order chi connectivity index (χ1) is 9.20. The summed E-state index contributed by atoms with van der Waals surface area (Å²) in [5, 5.41) is 17.5. The lowest BCUT2D eigenvalue weighted by Crippen LogP contribution is -2.30. The summed E-state index contributed by atoms with van der Waals surface area (Å²) in [6, 6.07) is 3.69. The van der Waals surface area contributed by atoms with Gasteiger partial charge in [0.2, 0.25) is 0 Å². The lowest BCUT2D eigenvalue weighted by atomic mass is 9.95. The fourth-order valence-electron chi connectivity index (χ4n) is 1.26. The van der Waals surface area contributed by atoms with E-state index in [1.165, 1.54) is 26.0 Å². The summed E-state index contributed by atoms with van der Waals surface area (Å²) in [4.78, 5) is 21.3. The Hall–Kier alpha value is -2.37. The number of carboxylic acids is 2. The maximum Gasteiger partial charge on any atom is 0.328 e. The van der Waals surface area contributed by atoms with Gasteiger partial charge in [-0.3, -0.25) is 4.79 Å². The van der Waals surface area contributed by atoms with E-state index in [0.29, 0.717) is 5.56 Å². The zero-order chi connectivity index (χ0) is 15.3. The van der Waals surface area contributed by atoms with Crippen LogP contribution in [0.15, 0.2) is 24.3 Å². The molecule has 0 saturated carbocycles. The molecule has 6 heteroatoms. The molecular formula is C14H15FO5. The first-order valence-corrected chi connectivity index (χ1v) is 5.78. The van der Waals surface area contributed by atoms with Gasteiger partial charge in [0.05, 0.1) is 5.41 Å². The molecule has 0 aliphatic carbocycles. The number of ether oxygens (including phenoxy) is 1. The van der Waals surface area contributed by atoms with Crippen molar-refractivity contribution in [2.24, 2.45) is 5.41 Å². The topological polar surface area (TPSA) is 83.8 Å². The third-order valence-corrected chi connectivity index (χ3v) is 2.49.